The van der Waals surface area contributed by atoms with Crippen molar-refractivity contribution >= 4 is 50.7 Å². The van der Waals surface area contributed by atoms with Crippen molar-refractivity contribution in [1.82, 2.24) is 10.2 Å². The van der Waals surface area contributed by atoms with Crippen LogP contribution in [0.1, 0.15) is 25.0 Å². The largest absolute Gasteiger partial charge is 0.355 e. The zero-order valence-corrected chi connectivity index (χ0v) is 20.8. The number of hydrogen-bond donors (Lipinski definition) is 1. The summed E-state index contributed by atoms with van der Waals surface area (Å²) in [6.07, 6.45) is 0.983. The molecule has 2 aromatic rings. The topological polar surface area (TPSA) is 86.8 Å². The van der Waals surface area contributed by atoms with Gasteiger partial charge in [0.1, 0.15) is 12.6 Å². The molecule has 0 aliphatic carbocycles. The molecule has 1 atom stereocenters. The summed E-state index contributed by atoms with van der Waals surface area (Å²) in [6, 6.07) is 11.2. The third-order valence-corrected chi connectivity index (χ3v) is 6.93. The minimum Gasteiger partial charge on any atom is -0.355 e. The van der Waals surface area contributed by atoms with Crippen LogP contribution < -0.4 is 9.62 Å². The monoisotopic (exact) mass is 499 g/mol. The van der Waals surface area contributed by atoms with Gasteiger partial charge in [0, 0.05) is 13.1 Å². The number of carbonyl (C=O) groups excluding carboxylic acids is 2. The highest BCUT2D eigenvalue weighted by molar-refractivity contribution is 7.92. The van der Waals surface area contributed by atoms with Crippen LogP contribution in [0.5, 0.6) is 0 Å². The molecule has 0 aliphatic heterocycles. The zero-order chi connectivity index (χ0) is 24.1. The molecule has 0 fully saturated rings. The van der Waals surface area contributed by atoms with Crippen LogP contribution >= 0.6 is 23.2 Å². The quantitative estimate of drug-likeness (QED) is 0.570. The van der Waals surface area contributed by atoms with Gasteiger partial charge in [-0.2, -0.15) is 0 Å². The molecule has 0 aromatic heterocycles. The molecule has 32 heavy (non-hydrogen) atoms. The van der Waals surface area contributed by atoms with Crippen molar-refractivity contribution in [3.05, 3.63) is 63.6 Å². The van der Waals surface area contributed by atoms with E-state index in [2.05, 4.69) is 5.32 Å². The first-order valence-corrected chi connectivity index (χ1v) is 12.6. The first-order valence-electron chi connectivity index (χ1n) is 10.0. The van der Waals surface area contributed by atoms with E-state index < -0.39 is 28.5 Å². The SMILES string of the molecule is CCNC(=O)[C@@H](C)N(Cc1ccccc1C)C(=O)CN(c1cccc(Cl)c1Cl)S(C)(=O)=O. The molecule has 174 valence electrons. The third-order valence-electron chi connectivity index (χ3n) is 5.00. The Labute approximate surface area is 199 Å². The van der Waals surface area contributed by atoms with Gasteiger partial charge in [0.2, 0.25) is 21.8 Å². The number of carbonyl (C=O) groups is 2. The molecule has 0 saturated heterocycles. The molecule has 10 heteroatoms. The summed E-state index contributed by atoms with van der Waals surface area (Å²) in [5, 5.41) is 2.90. The molecule has 0 unspecified atom stereocenters. The van der Waals surface area contributed by atoms with Crippen LogP contribution in [0.2, 0.25) is 10.0 Å². The molecule has 0 aliphatic rings. The van der Waals surface area contributed by atoms with Gasteiger partial charge in [0.15, 0.2) is 0 Å². The Morgan fingerprint density at radius 3 is 2.34 bits per heavy atom. The molecule has 0 saturated carbocycles. The fourth-order valence-corrected chi connectivity index (χ4v) is 4.46. The average Bonchev–Trinajstić information content (AvgIpc) is 2.72. The molecular weight excluding hydrogens is 473 g/mol. The van der Waals surface area contributed by atoms with Crippen molar-refractivity contribution < 1.29 is 18.0 Å². The lowest BCUT2D eigenvalue weighted by atomic mass is 10.1. The van der Waals surface area contributed by atoms with Crippen LogP contribution in [0.25, 0.3) is 0 Å². The predicted octanol–water partition coefficient (Wildman–Crippen LogP) is 3.62. The lowest BCUT2D eigenvalue weighted by Gasteiger charge is -2.32. The van der Waals surface area contributed by atoms with E-state index in [1.807, 2.05) is 31.2 Å². The van der Waals surface area contributed by atoms with Crippen LogP contribution in [0, 0.1) is 6.92 Å². The van der Waals surface area contributed by atoms with Gasteiger partial charge in [-0.15, -0.1) is 0 Å². The van der Waals surface area contributed by atoms with E-state index in [0.717, 1.165) is 21.7 Å². The predicted molar refractivity (Wildman–Crippen MR) is 129 cm³/mol. The minimum absolute atomic E-state index is 0.0228. The lowest BCUT2D eigenvalue weighted by molar-refractivity contribution is -0.139. The maximum Gasteiger partial charge on any atom is 0.244 e. The molecule has 0 heterocycles. The normalized spacial score (nSPS) is 12.2. The summed E-state index contributed by atoms with van der Waals surface area (Å²) >= 11 is 12.3. The third kappa shape index (κ3) is 6.37. The van der Waals surface area contributed by atoms with E-state index in [9.17, 15) is 18.0 Å². The van der Waals surface area contributed by atoms with Gasteiger partial charge in [-0.05, 0) is 44.0 Å². The van der Waals surface area contributed by atoms with E-state index >= 15 is 0 Å². The number of amides is 2. The summed E-state index contributed by atoms with van der Waals surface area (Å²) in [4.78, 5) is 27.3. The van der Waals surface area contributed by atoms with Crippen molar-refractivity contribution in [2.45, 2.75) is 33.4 Å². The lowest BCUT2D eigenvalue weighted by Crippen LogP contribution is -2.51. The average molecular weight is 500 g/mol. The van der Waals surface area contributed by atoms with Crippen LogP contribution in [0.15, 0.2) is 42.5 Å². The number of rotatable bonds is 9. The van der Waals surface area contributed by atoms with Crippen LogP contribution in [0.4, 0.5) is 5.69 Å². The van der Waals surface area contributed by atoms with Crippen LogP contribution in [-0.4, -0.2) is 50.5 Å². The number of nitrogens with one attached hydrogen (secondary N) is 1. The fourth-order valence-electron chi connectivity index (χ4n) is 3.16. The maximum atomic E-state index is 13.4. The van der Waals surface area contributed by atoms with Crippen molar-refractivity contribution in [2.24, 2.45) is 0 Å². The standard InChI is InChI=1S/C22H27Cl2N3O4S/c1-5-25-22(29)16(3)26(13-17-10-7-6-9-15(17)2)20(28)14-27(32(4,30)31)19-12-8-11-18(23)21(19)24/h6-12,16H,5,13-14H2,1-4H3,(H,25,29)/t16-/m1/s1. The second-order valence-electron chi connectivity index (χ2n) is 7.36. The highest BCUT2D eigenvalue weighted by Crippen LogP contribution is 2.33. The van der Waals surface area contributed by atoms with Gasteiger partial charge in [-0.3, -0.25) is 13.9 Å². The fraction of sp³-hybridized carbons (Fsp3) is 0.364. The van der Waals surface area contributed by atoms with Gasteiger partial charge < -0.3 is 10.2 Å². The number of halogens is 2. The van der Waals surface area contributed by atoms with Gasteiger partial charge in [-0.1, -0.05) is 53.5 Å². The molecule has 2 amide bonds. The van der Waals surface area contributed by atoms with Crippen molar-refractivity contribution in [3.63, 3.8) is 0 Å². The molecule has 2 aromatic carbocycles. The Morgan fingerprint density at radius 2 is 1.75 bits per heavy atom. The number of anilines is 1. The van der Waals surface area contributed by atoms with Crippen molar-refractivity contribution in [1.29, 1.82) is 0 Å². The summed E-state index contributed by atoms with van der Waals surface area (Å²) in [5.74, 6) is -0.880. The summed E-state index contributed by atoms with van der Waals surface area (Å²) in [7, 11) is -3.88. The van der Waals surface area contributed by atoms with E-state index in [-0.39, 0.29) is 28.2 Å². The Kier molecular flexibility index (Phi) is 8.95. The smallest absolute Gasteiger partial charge is 0.244 e. The number of benzene rings is 2. The van der Waals surface area contributed by atoms with Crippen LogP contribution in [-0.2, 0) is 26.2 Å². The number of nitrogens with zero attached hydrogens (tertiary/aromatic N) is 2. The molecule has 0 spiro atoms. The number of sulfonamides is 1. The van der Waals surface area contributed by atoms with E-state index in [1.54, 1.807) is 19.9 Å². The Balaban J connectivity index is 2.45. The van der Waals surface area contributed by atoms with Gasteiger partial charge in [0.05, 0.1) is 22.0 Å². The molecular formula is C22H27Cl2N3O4S. The van der Waals surface area contributed by atoms with Crippen molar-refractivity contribution in [2.75, 3.05) is 23.7 Å². The maximum absolute atomic E-state index is 13.4. The first-order chi connectivity index (χ1) is 15.0. The van der Waals surface area contributed by atoms with Gasteiger partial charge in [-0.25, -0.2) is 8.42 Å². The second kappa shape index (κ2) is 11.0. The van der Waals surface area contributed by atoms with E-state index in [0.29, 0.717) is 6.54 Å². The Bertz CT molecular complexity index is 1090. The van der Waals surface area contributed by atoms with Crippen LogP contribution in [0.3, 0.4) is 0 Å². The second-order valence-corrected chi connectivity index (χ2v) is 10.1. The Morgan fingerprint density at radius 1 is 1.09 bits per heavy atom. The number of aryl methyl sites for hydroxylation is 1. The zero-order valence-electron chi connectivity index (χ0n) is 18.4. The number of hydrogen-bond acceptors (Lipinski definition) is 4. The summed E-state index contributed by atoms with van der Waals surface area (Å²) in [5.41, 5.74) is 1.89. The highest BCUT2D eigenvalue weighted by atomic mass is 35.5. The molecule has 7 nitrogen and oxygen atoms in total. The Hall–Kier alpha value is -2.29. The summed E-state index contributed by atoms with van der Waals surface area (Å²) < 4.78 is 26.0. The molecule has 1 N–H and O–H groups in total. The van der Waals surface area contributed by atoms with Gasteiger partial charge >= 0.3 is 0 Å². The van der Waals surface area contributed by atoms with Gasteiger partial charge in [0.25, 0.3) is 0 Å². The van der Waals surface area contributed by atoms with E-state index in [4.69, 9.17) is 23.2 Å². The van der Waals surface area contributed by atoms with Crippen molar-refractivity contribution in [3.8, 4) is 0 Å². The number of likely N-dealkylation sites (N-methyl/N-ethyl adjacent to an activating group) is 1. The van der Waals surface area contributed by atoms with E-state index in [1.165, 1.54) is 17.0 Å². The first kappa shape index (κ1) is 26.0. The molecule has 0 radical (unpaired) electrons. The molecule has 0 bridgehead atoms. The summed E-state index contributed by atoms with van der Waals surface area (Å²) in [6.45, 7) is 5.31. The molecule has 2 rings (SSSR count). The minimum atomic E-state index is -3.88. The highest BCUT2D eigenvalue weighted by Gasteiger charge is 2.31.